The van der Waals surface area contributed by atoms with Gasteiger partial charge in [0.15, 0.2) is 0 Å². The number of hydrogen-bond acceptors (Lipinski definition) is 5. The highest BCUT2D eigenvalue weighted by Crippen LogP contribution is 2.33. The van der Waals surface area contributed by atoms with E-state index in [4.69, 9.17) is 9.84 Å². The van der Waals surface area contributed by atoms with E-state index in [9.17, 15) is 27.2 Å². The molecule has 0 radical (unpaired) electrons. The van der Waals surface area contributed by atoms with E-state index in [2.05, 4.69) is 20.9 Å². The van der Waals surface area contributed by atoms with Crippen LogP contribution < -0.4 is 20.7 Å². The number of carboxylic acids is 1. The standard InChI is InChI=1S/C24H18F4N4O4/c25-19-6-3-15(10-18(19)24(26,27)28)32-23(35)31-14-1-4-16(5-2-14)36-17-7-8-29-21(11-17)20-9-13(12-30-20)22(33)34/h1-11,13,30H,12H2,(H,33,34)(H2,31,32,35). The number of amides is 2. The minimum atomic E-state index is -4.89. The van der Waals surface area contributed by atoms with E-state index < -0.39 is 35.5 Å². The molecule has 4 N–H and O–H groups in total. The summed E-state index contributed by atoms with van der Waals surface area (Å²) in [6.07, 6.45) is -1.80. The lowest BCUT2D eigenvalue weighted by Crippen LogP contribution is -2.20. The fraction of sp³-hybridized carbons (Fsp3) is 0.125. The number of ether oxygens (including phenoxy) is 1. The van der Waals surface area contributed by atoms with Gasteiger partial charge in [-0.1, -0.05) is 0 Å². The first-order valence-electron chi connectivity index (χ1n) is 10.5. The van der Waals surface area contributed by atoms with Gasteiger partial charge in [-0.05, 0) is 54.6 Å². The lowest BCUT2D eigenvalue weighted by atomic mass is 10.1. The molecule has 1 unspecified atom stereocenters. The molecule has 1 atom stereocenters. The maximum atomic E-state index is 13.4. The monoisotopic (exact) mass is 502 g/mol. The summed E-state index contributed by atoms with van der Waals surface area (Å²) in [6, 6.07) is 10.7. The molecule has 2 heterocycles. The summed E-state index contributed by atoms with van der Waals surface area (Å²) in [5, 5.41) is 16.8. The molecule has 3 aromatic rings. The van der Waals surface area contributed by atoms with Crippen molar-refractivity contribution in [3.8, 4) is 11.5 Å². The number of carboxylic acid groups (broad SMARTS) is 1. The van der Waals surface area contributed by atoms with Crippen LogP contribution >= 0.6 is 0 Å². The molecule has 0 saturated heterocycles. The summed E-state index contributed by atoms with van der Waals surface area (Å²) < 4.78 is 57.7. The number of hydrogen-bond donors (Lipinski definition) is 4. The number of carbonyl (C=O) groups is 2. The third-order valence-electron chi connectivity index (χ3n) is 5.08. The van der Waals surface area contributed by atoms with Gasteiger partial charge in [0.1, 0.15) is 17.3 Å². The predicted octanol–water partition coefficient (Wildman–Crippen LogP) is 5.32. The number of pyridine rings is 1. The number of aliphatic carboxylic acids is 1. The van der Waals surface area contributed by atoms with Crippen molar-refractivity contribution in [3.05, 3.63) is 83.9 Å². The SMILES string of the molecule is O=C(Nc1ccc(Oc2ccnc(C3=CC(C(=O)O)CN3)c2)cc1)Nc1ccc(F)c(C(F)(F)F)c1. The number of urea groups is 1. The van der Waals surface area contributed by atoms with Crippen LogP contribution in [0.2, 0.25) is 0 Å². The van der Waals surface area contributed by atoms with Gasteiger partial charge in [0.25, 0.3) is 0 Å². The molecule has 0 spiro atoms. The second-order valence-corrected chi connectivity index (χ2v) is 7.68. The quantitative estimate of drug-likeness (QED) is 0.340. The summed E-state index contributed by atoms with van der Waals surface area (Å²) in [7, 11) is 0. The molecule has 2 aromatic carbocycles. The fourth-order valence-electron chi connectivity index (χ4n) is 3.35. The molecule has 8 nitrogen and oxygen atoms in total. The summed E-state index contributed by atoms with van der Waals surface area (Å²) >= 11 is 0. The van der Waals surface area contributed by atoms with Gasteiger partial charge in [-0.25, -0.2) is 9.18 Å². The van der Waals surface area contributed by atoms with E-state index in [1.54, 1.807) is 30.3 Å². The number of carbonyl (C=O) groups excluding carboxylic acids is 1. The third kappa shape index (κ3) is 5.90. The van der Waals surface area contributed by atoms with Crippen LogP contribution in [0.25, 0.3) is 5.70 Å². The Labute approximate surface area is 201 Å². The largest absolute Gasteiger partial charge is 0.481 e. The highest BCUT2D eigenvalue weighted by molar-refractivity contribution is 5.99. The topological polar surface area (TPSA) is 113 Å². The molecular formula is C24H18F4N4O4. The van der Waals surface area contributed by atoms with Crippen LogP contribution in [0.1, 0.15) is 11.3 Å². The van der Waals surface area contributed by atoms with Crippen molar-refractivity contribution in [2.45, 2.75) is 6.18 Å². The van der Waals surface area contributed by atoms with Crippen LogP contribution in [0, 0.1) is 11.7 Å². The Kier molecular flexibility index (Phi) is 6.77. The number of halogens is 4. The van der Waals surface area contributed by atoms with Gasteiger partial charge >= 0.3 is 18.2 Å². The maximum Gasteiger partial charge on any atom is 0.419 e. The van der Waals surface area contributed by atoms with Gasteiger partial charge in [0.2, 0.25) is 0 Å². The van der Waals surface area contributed by atoms with E-state index in [1.807, 2.05) is 0 Å². The van der Waals surface area contributed by atoms with E-state index in [0.717, 1.165) is 6.07 Å². The van der Waals surface area contributed by atoms with Crippen LogP contribution in [-0.4, -0.2) is 28.6 Å². The number of benzene rings is 2. The van der Waals surface area contributed by atoms with Crippen LogP contribution in [0.15, 0.2) is 66.9 Å². The number of anilines is 2. The number of aromatic nitrogens is 1. The van der Waals surface area contributed by atoms with E-state index in [0.29, 0.717) is 40.7 Å². The molecule has 2 amide bonds. The van der Waals surface area contributed by atoms with Gasteiger partial charge in [0.05, 0.1) is 22.9 Å². The highest BCUT2D eigenvalue weighted by Gasteiger charge is 2.34. The summed E-state index contributed by atoms with van der Waals surface area (Å²) in [4.78, 5) is 27.5. The van der Waals surface area contributed by atoms with Gasteiger partial charge < -0.3 is 25.8 Å². The molecule has 36 heavy (non-hydrogen) atoms. The molecule has 12 heteroatoms. The maximum absolute atomic E-state index is 13.4. The Morgan fingerprint density at radius 1 is 1.00 bits per heavy atom. The lowest BCUT2D eigenvalue weighted by molar-refractivity contribution is -0.140. The second kappa shape index (κ2) is 9.94. The Morgan fingerprint density at radius 3 is 2.36 bits per heavy atom. The van der Waals surface area contributed by atoms with Crippen LogP contribution in [0.4, 0.5) is 33.7 Å². The van der Waals surface area contributed by atoms with Crippen LogP contribution in [0.5, 0.6) is 11.5 Å². The Bertz CT molecular complexity index is 1330. The van der Waals surface area contributed by atoms with Crippen LogP contribution in [0.3, 0.4) is 0 Å². The molecule has 1 aliphatic heterocycles. The summed E-state index contributed by atoms with van der Waals surface area (Å²) in [5.41, 5.74) is -0.282. The first-order chi connectivity index (χ1) is 17.1. The highest BCUT2D eigenvalue weighted by atomic mass is 19.4. The second-order valence-electron chi connectivity index (χ2n) is 7.68. The van der Waals surface area contributed by atoms with Crippen molar-refractivity contribution in [1.29, 1.82) is 0 Å². The van der Waals surface area contributed by atoms with E-state index in [-0.39, 0.29) is 12.2 Å². The van der Waals surface area contributed by atoms with Crippen molar-refractivity contribution in [3.63, 3.8) is 0 Å². The Morgan fingerprint density at radius 2 is 1.69 bits per heavy atom. The zero-order valence-corrected chi connectivity index (χ0v) is 18.3. The summed E-state index contributed by atoms with van der Waals surface area (Å²) in [5.74, 6) is -2.15. The van der Waals surface area contributed by atoms with Crippen molar-refractivity contribution in [1.82, 2.24) is 10.3 Å². The minimum absolute atomic E-state index is 0.226. The average Bonchev–Trinajstić information content (AvgIpc) is 3.32. The molecule has 1 aliphatic rings. The molecule has 0 fully saturated rings. The molecular weight excluding hydrogens is 484 g/mol. The normalized spacial score (nSPS) is 15.0. The van der Waals surface area contributed by atoms with Gasteiger partial charge in [-0.3, -0.25) is 9.78 Å². The summed E-state index contributed by atoms with van der Waals surface area (Å²) in [6.45, 7) is 0.268. The predicted molar refractivity (Wildman–Crippen MR) is 122 cm³/mol. The molecule has 4 rings (SSSR count). The van der Waals surface area contributed by atoms with E-state index >= 15 is 0 Å². The molecule has 1 aromatic heterocycles. The van der Waals surface area contributed by atoms with Gasteiger partial charge in [-0.2, -0.15) is 13.2 Å². The minimum Gasteiger partial charge on any atom is -0.481 e. The molecule has 0 aliphatic carbocycles. The number of nitrogens with one attached hydrogen (secondary N) is 3. The number of alkyl halides is 3. The van der Waals surface area contributed by atoms with Crippen molar-refractivity contribution in [2.75, 3.05) is 17.2 Å². The third-order valence-corrected chi connectivity index (χ3v) is 5.08. The van der Waals surface area contributed by atoms with Crippen molar-refractivity contribution in [2.24, 2.45) is 5.92 Å². The van der Waals surface area contributed by atoms with Crippen LogP contribution in [-0.2, 0) is 11.0 Å². The first-order valence-corrected chi connectivity index (χ1v) is 10.5. The smallest absolute Gasteiger partial charge is 0.419 e. The Balaban J connectivity index is 1.37. The number of rotatable bonds is 6. The molecule has 186 valence electrons. The molecule has 0 saturated carbocycles. The zero-order chi connectivity index (χ0) is 25.9. The fourth-order valence-corrected chi connectivity index (χ4v) is 3.35. The zero-order valence-electron chi connectivity index (χ0n) is 18.3. The Hall–Kier alpha value is -4.61. The number of nitrogens with zero attached hydrogens (tertiary/aromatic N) is 1. The lowest BCUT2D eigenvalue weighted by Gasteiger charge is -2.12. The van der Waals surface area contributed by atoms with Gasteiger partial charge in [-0.15, -0.1) is 0 Å². The van der Waals surface area contributed by atoms with Gasteiger partial charge in [0, 0.05) is 30.2 Å². The van der Waals surface area contributed by atoms with Crippen molar-refractivity contribution < 1.29 is 37.0 Å². The average molecular weight is 502 g/mol. The van der Waals surface area contributed by atoms with Crippen molar-refractivity contribution >= 4 is 29.1 Å². The van der Waals surface area contributed by atoms with E-state index in [1.165, 1.54) is 18.3 Å². The molecule has 0 bridgehead atoms. The first kappa shape index (κ1) is 24.5.